The van der Waals surface area contributed by atoms with Crippen LogP contribution in [0.4, 0.5) is 18.9 Å². The number of hydrogen-bond acceptors (Lipinski definition) is 2. The fourth-order valence-electron chi connectivity index (χ4n) is 0.978. The van der Waals surface area contributed by atoms with Crippen LogP contribution >= 0.6 is 39.3 Å². The highest BCUT2D eigenvalue weighted by molar-refractivity contribution is 9.09. The van der Waals surface area contributed by atoms with E-state index in [4.69, 9.17) is 11.6 Å². The lowest BCUT2D eigenvalue weighted by molar-refractivity contribution is -0.113. The van der Waals surface area contributed by atoms with Crippen molar-refractivity contribution in [3.63, 3.8) is 0 Å². The van der Waals surface area contributed by atoms with Crippen molar-refractivity contribution in [2.75, 3.05) is 10.6 Å². The summed E-state index contributed by atoms with van der Waals surface area (Å²) in [7, 11) is 0. The number of thioether (sulfide) groups is 1. The van der Waals surface area contributed by atoms with Gasteiger partial charge in [0.2, 0.25) is 5.91 Å². The van der Waals surface area contributed by atoms with Crippen LogP contribution < -0.4 is 5.32 Å². The van der Waals surface area contributed by atoms with Gasteiger partial charge in [0.1, 0.15) is 0 Å². The molecule has 1 amide bonds. The lowest BCUT2D eigenvalue weighted by Crippen LogP contribution is -2.12. The molecule has 0 saturated heterocycles. The first-order valence-electron chi connectivity index (χ1n) is 4.23. The standard InChI is InChI=1S/C9H6BrClF3NOS/c10-4-8(16)15-7-2-1-5(3-6(7)11)17-9(12,13)14/h1-3H,4H2,(H,15,16). The number of hydrogen-bond donors (Lipinski definition) is 1. The SMILES string of the molecule is O=C(CBr)Nc1ccc(SC(F)(F)F)cc1Cl. The Morgan fingerprint density at radius 2 is 2.12 bits per heavy atom. The van der Waals surface area contributed by atoms with Crippen LogP contribution in [-0.4, -0.2) is 16.7 Å². The second-order valence-corrected chi connectivity index (χ2v) is 4.98. The maximum Gasteiger partial charge on any atom is 0.446 e. The Morgan fingerprint density at radius 1 is 1.47 bits per heavy atom. The summed E-state index contributed by atoms with van der Waals surface area (Å²) in [4.78, 5) is 11.0. The van der Waals surface area contributed by atoms with Gasteiger partial charge in [0.05, 0.1) is 16.0 Å². The quantitative estimate of drug-likeness (QED) is 0.652. The lowest BCUT2D eigenvalue weighted by atomic mass is 10.3. The molecule has 0 unspecified atom stereocenters. The molecule has 8 heteroatoms. The largest absolute Gasteiger partial charge is 0.446 e. The lowest BCUT2D eigenvalue weighted by Gasteiger charge is -2.09. The van der Waals surface area contributed by atoms with Gasteiger partial charge in [-0.05, 0) is 30.0 Å². The molecule has 0 aliphatic carbocycles. The molecule has 2 nitrogen and oxygen atoms in total. The van der Waals surface area contributed by atoms with Crippen molar-refractivity contribution in [2.24, 2.45) is 0 Å². The number of carbonyl (C=O) groups excluding carboxylic acids is 1. The fourth-order valence-corrected chi connectivity index (χ4v) is 1.99. The summed E-state index contributed by atoms with van der Waals surface area (Å²) in [5, 5.41) is 2.59. The van der Waals surface area contributed by atoms with E-state index in [1.54, 1.807) is 0 Å². The maximum absolute atomic E-state index is 12.1. The molecular formula is C9H6BrClF3NOS. The summed E-state index contributed by atoms with van der Waals surface area (Å²) in [6, 6.07) is 3.73. The van der Waals surface area contributed by atoms with Crippen molar-refractivity contribution >= 4 is 50.9 Å². The first kappa shape index (κ1) is 14.7. The van der Waals surface area contributed by atoms with Gasteiger partial charge in [-0.3, -0.25) is 4.79 Å². The first-order chi connectivity index (χ1) is 7.81. The highest BCUT2D eigenvalue weighted by atomic mass is 79.9. The summed E-state index contributed by atoms with van der Waals surface area (Å²) >= 11 is 8.43. The first-order valence-corrected chi connectivity index (χ1v) is 6.54. The predicted octanol–water partition coefficient (Wildman–Crippen LogP) is 4.29. The van der Waals surface area contributed by atoms with Crippen LogP contribution in [-0.2, 0) is 4.79 Å². The number of alkyl halides is 4. The van der Waals surface area contributed by atoms with Gasteiger partial charge < -0.3 is 5.32 Å². The van der Waals surface area contributed by atoms with Crippen molar-refractivity contribution < 1.29 is 18.0 Å². The van der Waals surface area contributed by atoms with Gasteiger partial charge in [-0.1, -0.05) is 27.5 Å². The van der Waals surface area contributed by atoms with Gasteiger partial charge in [0.25, 0.3) is 0 Å². The van der Waals surface area contributed by atoms with Crippen molar-refractivity contribution in [3.8, 4) is 0 Å². The van der Waals surface area contributed by atoms with Crippen LogP contribution in [0.3, 0.4) is 0 Å². The number of amides is 1. The molecule has 0 spiro atoms. The molecule has 0 heterocycles. The Balaban J connectivity index is 2.83. The van der Waals surface area contributed by atoms with E-state index in [1.807, 2.05) is 0 Å². The molecular weight excluding hydrogens is 343 g/mol. The third-order valence-electron chi connectivity index (χ3n) is 1.57. The zero-order valence-corrected chi connectivity index (χ0v) is 11.3. The minimum atomic E-state index is -4.36. The van der Waals surface area contributed by atoms with Crippen LogP contribution in [0.5, 0.6) is 0 Å². The number of benzene rings is 1. The van der Waals surface area contributed by atoms with Crippen LogP contribution in [0.15, 0.2) is 23.1 Å². The second-order valence-electron chi connectivity index (χ2n) is 2.87. The summed E-state index contributed by atoms with van der Waals surface area (Å²) < 4.78 is 36.2. The minimum Gasteiger partial charge on any atom is -0.324 e. The van der Waals surface area contributed by atoms with E-state index in [-0.39, 0.29) is 38.6 Å². The number of nitrogens with one attached hydrogen (secondary N) is 1. The Hall–Kier alpha value is -0.400. The maximum atomic E-state index is 12.1. The van der Waals surface area contributed by atoms with Gasteiger partial charge in [-0.25, -0.2) is 0 Å². The van der Waals surface area contributed by atoms with Crippen molar-refractivity contribution in [1.82, 2.24) is 0 Å². The number of anilines is 1. The molecule has 94 valence electrons. The third kappa shape index (κ3) is 5.18. The van der Waals surface area contributed by atoms with E-state index in [0.717, 1.165) is 6.07 Å². The Morgan fingerprint density at radius 3 is 2.59 bits per heavy atom. The van der Waals surface area contributed by atoms with Crippen LogP contribution in [0.25, 0.3) is 0 Å². The Labute approximate surface area is 113 Å². The van der Waals surface area contributed by atoms with Crippen LogP contribution in [0, 0.1) is 0 Å². The monoisotopic (exact) mass is 347 g/mol. The van der Waals surface area contributed by atoms with Crippen molar-refractivity contribution in [3.05, 3.63) is 23.2 Å². The molecule has 0 aromatic heterocycles. The summed E-state index contributed by atoms with van der Waals surface area (Å²) in [6.07, 6.45) is 0. The normalized spacial score (nSPS) is 11.4. The van der Waals surface area contributed by atoms with E-state index >= 15 is 0 Å². The highest BCUT2D eigenvalue weighted by Crippen LogP contribution is 2.38. The number of rotatable bonds is 3. The molecule has 0 bridgehead atoms. The molecule has 0 fully saturated rings. The molecule has 0 saturated carbocycles. The average molecular weight is 349 g/mol. The average Bonchev–Trinajstić information content (AvgIpc) is 2.19. The molecule has 1 rings (SSSR count). The molecule has 0 radical (unpaired) electrons. The fraction of sp³-hybridized carbons (Fsp3) is 0.222. The third-order valence-corrected chi connectivity index (χ3v) is 3.11. The van der Waals surface area contributed by atoms with Gasteiger partial charge in [0.15, 0.2) is 0 Å². The van der Waals surface area contributed by atoms with Gasteiger partial charge >= 0.3 is 5.51 Å². The summed E-state index contributed by atoms with van der Waals surface area (Å²) in [6.45, 7) is 0. The molecule has 0 aliphatic rings. The van der Waals surface area contributed by atoms with Crippen molar-refractivity contribution in [2.45, 2.75) is 10.4 Å². The molecule has 0 atom stereocenters. The van der Waals surface area contributed by atoms with Gasteiger partial charge in [0, 0.05) is 4.90 Å². The van der Waals surface area contributed by atoms with Gasteiger partial charge in [-0.15, -0.1) is 0 Å². The molecule has 1 aromatic carbocycles. The number of halogens is 5. The minimum absolute atomic E-state index is 0.0284. The molecule has 0 aliphatic heterocycles. The zero-order valence-electron chi connectivity index (χ0n) is 8.15. The smallest absolute Gasteiger partial charge is 0.324 e. The summed E-state index contributed by atoms with van der Waals surface area (Å²) in [5.41, 5.74) is -4.08. The highest BCUT2D eigenvalue weighted by Gasteiger charge is 2.29. The topological polar surface area (TPSA) is 29.1 Å². The van der Waals surface area contributed by atoms with Gasteiger partial charge in [-0.2, -0.15) is 13.2 Å². The second kappa shape index (κ2) is 5.97. The predicted molar refractivity (Wildman–Crippen MR) is 65.8 cm³/mol. The Bertz CT molecular complexity index is 427. The van der Waals surface area contributed by atoms with E-state index in [1.165, 1.54) is 12.1 Å². The molecule has 17 heavy (non-hydrogen) atoms. The van der Waals surface area contributed by atoms with Crippen molar-refractivity contribution in [1.29, 1.82) is 0 Å². The molecule has 1 N–H and O–H groups in total. The van der Waals surface area contributed by atoms with Crippen LogP contribution in [0.1, 0.15) is 0 Å². The zero-order chi connectivity index (χ0) is 13.1. The molecule has 1 aromatic rings. The van der Waals surface area contributed by atoms with E-state index < -0.39 is 5.51 Å². The summed E-state index contributed by atoms with van der Waals surface area (Å²) in [5.74, 6) is -0.330. The van der Waals surface area contributed by atoms with Crippen LogP contribution in [0.2, 0.25) is 5.02 Å². The van der Waals surface area contributed by atoms with E-state index in [0.29, 0.717) is 0 Å². The van der Waals surface area contributed by atoms with E-state index in [2.05, 4.69) is 21.2 Å². The van der Waals surface area contributed by atoms with E-state index in [9.17, 15) is 18.0 Å². The Kier molecular flexibility index (Phi) is 5.15. The number of carbonyl (C=O) groups is 1.